The van der Waals surface area contributed by atoms with Crippen molar-refractivity contribution in [2.45, 2.75) is 58.1 Å². The molecule has 0 atom stereocenters. The van der Waals surface area contributed by atoms with Gasteiger partial charge in [-0.3, -0.25) is 0 Å². The number of hydrogen-bond acceptors (Lipinski definition) is 0. The van der Waals surface area contributed by atoms with Crippen LogP contribution in [-0.2, 0) is 20.3 Å². The van der Waals surface area contributed by atoms with Gasteiger partial charge >= 0.3 is 90.2 Å². The van der Waals surface area contributed by atoms with Crippen LogP contribution >= 0.6 is 0 Å². The molecule has 0 bridgehead atoms. The van der Waals surface area contributed by atoms with Gasteiger partial charge in [-0.15, -0.1) is 0 Å². The second-order valence-corrected chi connectivity index (χ2v) is 18.3. The molecule has 0 nitrogen and oxygen atoms in total. The van der Waals surface area contributed by atoms with Gasteiger partial charge in [0.05, 0.1) is 0 Å². The van der Waals surface area contributed by atoms with Crippen molar-refractivity contribution in [3.8, 4) is 0 Å². The SMILES string of the molecule is C[CH2][Zr]([CH2]C)([CH2]C(C)C)[CH2]C(C)C. The van der Waals surface area contributed by atoms with E-state index in [2.05, 4.69) is 41.5 Å². The average molecular weight is 264 g/mol. The van der Waals surface area contributed by atoms with Crippen LogP contribution in [0.5, 0.6) is 0 Å². The van der Waals surface area contributed by atoms with Crippen molar-refractivity contribution < 1.29 is 20.3 Å². The molecule has 0 unspecified atom stereocenters. The van der Waals surface area contributed by atoms with Gasteiger partial charge in [0, 0.05) is 0 Å². The molecule has 0 aliphatic carbocycles. The Morgan fingerprint density at radius 1 is 0.769 bits per heavy atom. The van der Waals surface area contributed by atoms with Crippen LogP contribution in [0, 0.1) is 11.8 Å². The van der Waals surface area contributed by atoms with Crippen molar-refractivity contribution >= 4 is 0 Å². The van der Waals surface area contributed by atoms with Crippen LogP contribution in [0.2, 0.25) is 16.5 Å². The normalized spacial score (nSPS) is 12.9. The van der Waals surface area contributed by atoms with Crippen LogP contribution in [-0.4, -0.2) is 0 Å². The molecule has 0 spiro atoms. The molecular weight excluding hydrogens is 235 g/mol. The van der Waals surface area contributed by atoms with Gasteiger partial charge < -0.3 is 0 Å². The van der Waals surface area contributed by atoms with Crippen LogP contribution in [0.1, 0.15) is 41.5 Å². The summed E-state index contributed by atoms with van der Waals surface area (Å²) in [7, 11) is 0. The summed E-state index contributed by atoms with van der Waals surface area (Å²) in [5.41, 5.74) is 0. The predicted octanol–water partition coefficient (Wildman–Crippen LogP) is 5.17. The summed E-state index contributed by atoms with van der Waals surface area (Å²) in [5.74, 6) is 1.88. The third-order valence-electron chi connectivity index (χ3n) is 3.18. The standard InChI is InChI=1S/2C4H9.2C2H5.Zr/c2*1-4(2)3;2*1-2;/h2*4H,1H2,2-3H3;2*1H2,2H3;. The molecule has 0 saturated heterocycles. The van der Waals surface area contributed by atoms with Gasteiger partial charge in [-0.05, 0) is 0 Å². The van der Waals surface area contributed by atoms with E-state index in [1.54, 1.807) is 16.5 Å². The quantitative estimate of drug-likeness (QED) is 0.620. The first-order chi connectivity index (χ1) is 5.95. The van der Waals surface area contributed by atoms with Crippen molar-refractivity contribution in [2.24, 2.45) is 11.8 Å². The number of hydrogen-bond donors (Lipinski definition) is 0. The average Bonchev–Trinajstić information content (AvgIpc) is 2.01. The van der Waals surface area contributed by atoms with Gasteiger partial charge in [0.2, 0.25) is 0 Å². The molecule has 0 fully saturated rings. The minimum atomic E-state index is -1.64. The van der Waals surface area contributed by atoms with Crippen LogP contribution in [0.3, 0.4) is 0 Å². The fraction of sp³-hybridized carbons (Fsp3) is 1.00. The zero-order valence-electron chi connectivity index (χ0n) is 10.5. The van der Waals surface area contributed by atoms with Crippen LogP contribution in [0.15, 0.2) is 0 Å². The van der Waals surface area contributed by atoms with Crippen molar-refractivity contribution in [3.63, 3.8) is 0 Å². The predicted molar refractivity (Wildman–Crippen MR) is 60.3 cm³/mol. The van der Waals surface area contributed by atoms with Gasteiger partial charge in [-0.1, -0.05) is 0 Å². The molecule has 1 heteroatoms. The monoisotopic (exact) mass is 262 g/mol. The fourth-order valence-electron chi connectivity index (χ4n) is 2.64. The fourth-order valence-corrected chi connectivity index (χ4v) is 15.6. The van der Waals surface area contributed by atoms with Crippen molar-refractivity contribution in [1.29, 1.82) is 0 Å². The van der Waals surface area contributed by atoms with Crippen LogP contribution in [0.25, 0.3) is 0 Å². The van der Waals surface area contributed by atoms with E-state index in [4.69, 9.17) is 0 Å². The van der Waals surface area contributed by atoms with Crippen molar-refractivity contribution in [3.05, 3.63) is 0 Å². The molecule has 0 radical (unpaired) electrons. The Labute approximate surface area is 89.9 Å². The molecule has 0 heterocycles. The van der Waals surface area contributed by atoms with E-state index in [0.717, 1.165) is 11.8 Å². The number of rotatable bonds is 6. The molecule has 13 heavy (non-hydrogen) atoms. The first kappa shape index (κ1) is 13.9. The van der Waals surface area contributed by atoms with Crippen LogP contribution in [0.4, 0.5) is 0 Å². The van der Waals surface area contributed by atoms with Gasteiger partial charge in [-0.25, -0.2) is 0 Å². The van der Waals surface area contributed by atoms with E-state index >= 15 is 0 Å². The Morgan fingerprint density at radius 2 is 1.08 bits per heavy atom. The van der Waals surface area contributed by atoms with Crippen molar-refractivity contribution in [1.82, 2.24) is 0 Å². The van der Waals surface area contributed by atoms with Gasteiger partial charge in [-0.2, -0.15) is 0 Å². The molecule has 0 rings (SSSR count). The minimum absolute atomic E-state index is 0.939. The van der Waals surface area contributed by atoms with Gasteiger partial charge in [0.1, 0.15) is 0 Å². The van der Waals surface area contributed by atoms with E-state index in [1.165, 1.54) is 0 Å². The maximum atomic E-state index is 2.45. The van der Waals surface area contributed by atoms with Gasteiger partial charge in [0.15, 0.2) is 0 Å². The first-order valence-electron chi connectivity index (χ1n) is 5.95. The Morgan fingerprint density at radius 3 is 1.23 bits per heavy atom. The molecule has 0 aromatic rings. The molecule has 0 aliphatic rings. The zero-order valence-corrected chi connectivity index (χ0v) is 12.9. The van der Waals surface area contributed by atoms with E-state index < -0.39 is 20.3 Å². The Kier molecular flexibility index (Phi) is 6.82. The molecule has 80 valence electrons. The van der Waals surface area contributed by atoms with E-state index in [-0.39, 0.29) is 0 Å². The summed E-state index contributed by atoms with van der Waals surface area (Å²) < 4.78 is 6.34. The summed E-state index contributed by atoms with van der Waals surface area (Å²) >= 11 is -1.64. The van der Waals surface area contributed by atoms with Gasteiger partial charge in [0.25, 0.3) is 0 Å². The summed E-state index contributed by atoms with van der Waals surface area (Å²) in [6.45, 7) is 14.5. The molecule has 0 N–H and O–H groups in total. The third-order valence-corrected chi connectivity index (χ3v) is 18.8. The molecule has 0 aliphatic heterocycles. The second kappa shape index (κ2) is 6.38. The Bertz CT molecular complexity index is 111. The summed E-state index contributed by atoms with van der Waals surface area (Å²) in [4.78, 5) is 0. The second-order valence-electron chi connectivity index (χ2n) is 5.40. The Hall–Kier alpha value is 0.883. The zero-order chi connectivity index (χ0) is 10.5. The molecule has 0 aromatic heterocycles. The van der Waals surface area contributed by atoms with E-state index in [9.17, 15) is 0 Å². The van der Waals surface area contributed by atoms with E-state index in [1.807, 2.05) is 0 Å². The summed E-state index contributed by atoms with van der Waals surface area (Å²) in [5, 5.41) is 0. The van der Waals surface area contributed by atoms with Crippen LogP contribution < -0.4 is 0 Å². The summed E-state index contributed by atoms with van der Waals surface area (Å²) in [6.07, 6.45) is 0. The first-order valence-corrected chi connectivity index (χ1v) is 12.9. The van der Waals surface area contributed by atoms with Crippen molar-refractivity contribution in [2.75, 3.05) is 0 Å². The Balaban J connectivity index is 4.30. The van der Waals surface area contributed by atoms with E-state index in [0.29, 0.717) is 0 Å². The third kappa shape index (κ3) is 5.35. The molecular formula is C12H28Zr. The summed E-state index contributed by atoms with van der Waals surface area (Å²) in [6, 6.07) is 0. The topological polar surface area (TPSA) is 0 Å². The molecule has 0 amide bonds. The molecule has 0 saturated carbocycles. The maximum absolute atomic E-state index is 2.45. The molecule has 0 aromatic carbocycles.